The Balaban J connectivity index is 1.32. The Morgan fingerprint density at radius 3 is 2.53 bits per heavy atom. The molecule has 1 amide bonds. The van der Waals surface area contributed by atoms with Crippen LogP contribution in [0.1, 0.15) is 22.3 Å². The Kier molecular flexibility index (Phi) is 5.81. The summed E-state index contributed by atoms with van der Waals surface area (Å²) in [5.41, 5.74) is 3.77. The fraction of sp³-hybridized carbons (Fsp3) is 0.0769. The van der Waals surface area contributed by atoms with E-state index in [0.717, 1.165) is 22.3 Å². The van der Waals surface area contributed by atoms with E-state index in [2.05, 4.69) is 10.1 Å². The van der Waals surface area contributed by atoms with Crippen LogP contribution in [0.15, 0.2) is 88.5 Å². The Labute approximate surface area is 200 Å². The maximum atomic E-state index is 13.0. The van der Waals surface area contributed by atoms with E-state index in [1.165, 1.54) is 28.9 Å². The van der Waals surface area contributed by atoms with Gasteiger partial charge in [0, 0.05) is 5.56 Å². The Morgan fingerprint density at radius 1 is 1.06 bits per heavy atom. The molecule has 3 aromatic carbocycles. The van der Waals surface area contributed by atoms with E-state index < -0.39 is 5.91 Å². The van der Waals surface area contributed by atoms with Crippen molar-refractivity contribution in [3.63, 3.8) is 0 Å². The van der Waals surface area contributed by atoms with Gasteiger partial charge in [0.15, 0.2) is 5.84 Å². The molecule has 0 spiro atoms. The van der Waals surface area contributed by atoms with Gasteiger partial charge in [-0.3, -0.25) is 10.2 Å². The minimum atomic E-state index is -0.471. The topological polar surface area (TPSA) is 78.1 Å². The number of amidine groups is 2. The third-order valence-electron chi connectivity index (χ3n) is 5.34. The summed E-state index contributed by atoms with van der Waals surface area (Å²) in [5, 5.41) is 15.6. The van der Waals surface area contributed by atoms with Crippen molar-refractivity contribution in [2.75, 3.05) is 0 Å². The fourth-order valence-corrected chi connectivity index (χ4v) is 4.47. The maximum absolute atomic E-state index is 13.0. The van der Waals surface area contributed by atoms with E-state index >= 15 is 0 Å². The van der Waals surface area contributed by atoms with Gasteiger partial charge in [-0.25, -0.2) is 4.39 Å². The fourth-order valence-electron chi connectivity index (χ4n) is 3.49. The van der Waals surface area contributed by atoms with E-state index in [9.17, 15) is 9.18 Å². The molecule has 0 saturated carbocycles. The predicted molar refractivity (Wildman–Crippen MR) is 132 cm³/mol. The molecule has 2 heterocycles. The second kappa shape index (κ2) is 9.07. The number of aryl methyl sites for hydroxylation is 1. The number of nitrogens with zero attached hydrogens (tertiary/aromatic N) is 3. The lowest BCUT2D eigenvalue weighted by Gasteiger charge is -2.20. The molecule has 0 aliphatic carbocycles. The normalized spacial score (nSPS) is 16.4. The van der Waals surface area contributed by atoms with Crippen LogP contribution in [-0.2, 0) is 11.4 Å². The highest BCUT2D eigenvalue weighted by Crippen LogP contribution is 2.32. The maximum Gasteiger partial charge on any atom is 0.283 e. The lowest BCUT2D eigenvalue weighted by Crippen LogP contribution is -2.35. The van der Waals surface area contributed by atoms with E-state index in [-0.39, 0.29) is 17.2 Å². The number of halogens is 1. The molecule has 6 nitrogen and oxygen atoms in total. The average Bonchev–Trinajstić information content (AvgIpc) is 3.26. The first-order valence-electron chi connectivity index (χ1n) is 10.5. The number of hydrogen-bond donors (Lipinski definition) is 1. The van der Waals surface area contributed by atoms with Gasteiger partial charge in [0.1, 0.15) is 23.2 Å². The van der Waals surface area contributed by atoms with Crippen molar-refractivity contribution in [3.8, 4) is 5.75 Å². The number of carbonyl (C=O) groups is 1. The highest BCUT2D eigenvalue weighted by Gasteiger charge is 2.36. The van der Waals surface area contributed by atoms with Crippen molar-refractivity contribution < 1.29 is 13.9 Å². The van der Waals surface area contributed by atoms with Gasteiger partial charge in [0.25, 0.3) is 5.91 Å². The van der Waals surface area contributed by atoms with Crippen LogP contribution in [0.4, 0.5) is 4.39 Å². The average molecular weight is 471 g/mol. The zero-order chi connectivity index (χ0) is 23.7. The quantitative estimate of drug-likeness (QED) is 0.508. The number of ether oxygens (including phenoxy) is 1. The molecular formula is C26H19FN4O2S. The van der Waals surface area contributed by atoms with Gasteiger partial charge in [-0.15, -0.1) is 0 Å². The van der Waals surface area contributed by atoms with Crippen molar-refractivity contribution in [3.05, 3.63) is 106 Å². The zero-order valence-electron chi connectivity index (χ0n) is 18.2. The molecule has 0 saturated heterocycles. The van der Waals surface area contributed by atoms with Crippen LogP contribution in [0.3, 0.4) is 0 Å². The van der Waals surface area contributed by atoms with Crippen LogP contribution in [0.2, 0.25) is 0 Å². The highest BCUT2D eigenvalue weighted by atomic mass is 32.2. The first kappa shape index (κ1) is 21.8. The number of rotatable bonds is 5. The summed E-state index contributed by atoms with van der Waals surface area (Å²) >= 11 is 1.28. The lowest BCUT2D eigenvalue weighted by atomic mass is 10.1. The van der Waals surface area contributed by atoms with E-state index in [1.54, 1.807) is 42.5 Å². The van der Waals surface area contributed by atoms with E-state index in [1.807, 2.05) is 31.2 Å². The second-order valence-corrected chi connectivity index (χ2v) is 8.68. The molecule has 0 aromatic heterocycles. The molecule has 5 rings (SSSR count). The lowest BCUT2D eigenvalue weighted by molar-refractivity contribution is -0.114. The number of fused-ring (bicyclic) bond motifs is 1. The van der Waals surface area contributed by atoms with Crippen LogP contribution >= 0.6 is 11.8 Å². The predicted octanol–water partition coefficient (Wildman–Crippen LogP) is 5.38. The molecule has 0 bridgehead atoms. The molecule has 168 valence electrons. The third kappa shape index (κ3) is 4.40. The number of nitrogens with one attached hydrogen (secondary N) is 1. The van der Waals surface area contributed by atoms with Crippen molar-refractivity contribution in [1.82, 2.24) is 5.01 Å². The second-order valence-electron chi connectivity index (χ2n) is 7.72. The van der Waals surface area contributed by atoms with Crippen molar-refractivity contribution >= 4 is 39.8 Å². The number of hydrogen-bond acceptors (Lipinski definition) is 5. The number of hydrazone groups is 1. The number of aliphatic imine (C=N–C) groups is 1. The third-order valence-corrected chi connectivity index (χ3v) is 6.28. The molecular weight excluding hydrogens is 451 g/mol. The molecule has 3 aromatic rings. The van der Waals surface area contributed by atoms with Crippen LogP contribution in [0.5, 0.6) is 5.75 Å². The number of amides is 1. The molecule has 34 heavy (non-hydrogen) atoms. The van der Waals surface area contributed by atoms with Gasteiger partial charge < -0.3 is 4.74 Å². The SMILES string of the molecule is Cc1ccccc1C1=NN2C(=N)/C(=C/c3ccc(OCc4ccc(F)cc4)cc3)C(=O)N=C2S1. The van der Waals surface area contributed by atoms with Crippen LogP contribution < -0.4 is 4.74 Å². The summed E-state index contributed by atoms with van der Waals surface area (Å²) in [6.45, 7) is 2.31. The summed E-state index contributed by atoms with van der Waals surface area (Å²) in [7, 11) is 0. The molecule has 0 fully saturated rings. The van der Waals surface area contributed by atoms with Crippen LogP contribution in [0, 0.1) is 18.2 Å². The minimum absolute atomic E-state index is 0.0114. The highest BCUT2D eigenvalue weighted by molar-refractivity contribution is 8.27. The van der Waals surface area contributed by atoms with Crippen molar-refractivity contribution in [2.24, 2.45) is 10.1 Å². The van der Waals surface area contributed by atoms with Gasteiger partial charge in [-0.2, -0.15) is 15.1 Å². The summed E-state index contributed by atoms with van der Waals surface area (Å²) in [6, 6.07) is 21.1. The summed E-state index contributed by atoms with van der Waals surface area (Å²) in [6.07, 6.45) is 1.63. The summed E-state index contributed by atoms with van der Waals surface area (Å²) < 4.78 is 18.8. The summed E-state index contributed by atoms with van der Waals surface area (Å²) in [5.74, 6) is -0.130. The van der Waals surface area contributed by atoms with Gasteiger partial charge in [0.2, 0.25) is 5.17 Å². The van der Waals surface area contributed by atoms with E-state index in [0.29, 0.717) is 22.6 Å². The van der Waals surface area contributed by atoms with Crippen molar-refractivity contribution in [1.29, 1.82) is 5.41 Å². The van der Waals surface area contributed by atoms with E-state index in [4.69, 9.17) is 10.1 Å². The first-order chi connectivity index (χ1) is 16.5. The molecule has 0 radical (unpaired) electrons. The molecule has 8 heteroatoms. The van der Waals surface area contributed by atoms with Gasteiger partial charge in [-0.05, 0) is 65.7 Å². The Bertz CT molecular complexity index is 1380. The van der Waals surface area contributed by atoms with Crippen molar-refractivity contribution in [2.45, 2.75) is 13.5 Å². The van der Waals surface area contributed by atoms with Gasteiger partial charge in [-0.1, -0.05) is 48.5 Å². The minimum Gasteiger partial charge on any atom is -0.489 e. The first-order valence-corrected chi connectivity index (χ1v) is 11.3. The van der Waals surface area contributed by atoms with Gasteiger partial charge >= 0.3 is 0 Å². The number of benzene rings is 3. The number of thioether (sulfide) groups is 1. The molecule has 2 aliphatic heterocycles. The zero-order valence-corrected chi connectivity index (χ0v) is 19.0. The Hall–Kier alpha value is -4.04. The molecule has 0 unspecified atom stereocenters. The largest absolute Gasteiger partial charge is 0.489 e. The van der Waals surface area contributed by atoms with Crippen LogP contribution in [-0.4, -0.2) is 27.0 Å². The monoisotopic (exact) mass is 470 g/mol. The number of carbonyl (C=O) groups excluding carboxylic acids is 1. The summed E-state index contributed by atoms with van der Waals surface area (Å²) in [4.78, 5) is 16.8. The Morgan fingerprint density at radius 2 is 1.79 bits per heavy atom. The molecule has 2 aliphatic rings. The standard InChI is InChI=1S/C26H19FN4O2S/c1-16-4-2-3-5-21(16)25-30-31-23(28)22(24(32)29-26(31)34-25)14-17-8-12-20(13-9-17)33-15-18-6-10-19(27)11-7-18/h2-14,28H,15H2,1H3/b22-14-,28-23?. The van der Waals surface area contributed by atoms with Gasteiger partial charge in [0.05, 0.1) is 5.57 Å². The smallest absolute Gasteiger partial charge is 0.283 e. The van der Waals surface area contributed by atoms with Crippen LogP contribution in [0.25, 0.3) is 6.08 Å². The molecule has 0 atom stereocenters. The molecule has 1 N–H and O–H groups in total.